The van der Waals surface area contributed by atoms with E-state index in [1.165, 1.54) is 0 Å². The molecular formula is C11H20N2O4. The third-order valence-electron chi connectivity index (χ3n) is 2.09. The molecule has 0 aliphatic carbocycles. The van der Waals surface area contributed by atoms with E-state index in [0.29, 0.717) is 13.1 Å². The minimum atomic E-state index is -1.05. The van der Waals surface area contributed by atoms with Crippen LogP contribution in [-0.4, -0.2) is 41.0 Å². The molecule has 6 heteroatoms. The van der Waals surface area contributed by atoms with E-state index in [9.17, 15) is 14.4 Å². The van der Waals surface area contributed by atoms with Crippen LogP contribution in [-0.2, 0) is 9.59 Å². The molecule has 0 unspecified atom stereocenters. The number of amides is 3. The highest BCUT2D eigenvalue weighted by atomic mass is 16.4. The van der Waals surface area contributed by atoms with Gasteiger partial charge in [-0.25, -0.2) is 4.79 Å². The Bertz CT molecular complexity index is 273. The number of imide groups is 1. The Balaban J connectivity index is 4.10. The van der Waals surface area contributed by atoms with Gasteiger partial charge in [0.15, 0.2) is 0 Å². The lowest BCUT2D eigenvalue weighted by atomic mass is 10.3. The Hall–Kier alpha value is -1.59. The van der Waals surface area contributed by atoms with Crippen molar-refractivity contribution in [3.8, 4) is 0 Å². The van der Waals surface area contributed by atoms with Crippen molar-refractivity contribution in [2.75, 3.05) is 13.1 Å². The minimum Gasteiger partial charge on any atom is -0.481 e. The van der Waals surface area contributed by atoms with Gasteiger partial charge in [0.05, 0.1) is 6.42 Å². The fraction of sp³-hybridized carbons (Fsp3) is 0.727. The fourth-order valence-electron chi connectivity index (χ4n) is 1.34. The Labute approximate surface area is 101 Å². The van der Waals surface area contributed by atoms with Gasteiger partial charge in [-0.1, -0.05) is 13.8 Å². The first-order valence-corrected chi connectivity index (χ1v) is 5.81. The lowest BCUT2D eigenvalue weighted by Crippen LogP contribution is -2.43. The van der Waals surface area contributed by atoms with E-state index in [0.717, 1.165) is 12.8 Å². The molecular weight excluding hydrogens is 224 g/mol. The fourth-order valence-corrected chi connectivity index (χ4v) is 1.34. The molecule has 2 N–H and O–H groups in total. The average molecular weight is 244 g/mol. The van der Waals surface area contributed by atoms with Gasteiger partial charge in [-0.2, -0.15) is 0 Å². The van der Waals surface area contributed by atoms with E-state index in [1.807, 2.05) is 13.8 Å². The maximum atomic E-state index is 11.6. The number of rotatable bonds is 7. The first kappa shape index (κ1) is 15.4. The molecule has 0 rings (SSSR count). The molecule has 0 fully saturated rings. The smallest absolute Gasteiger partial charge is 0.324 e. The molecule has 0 bridgehead atoms. The predicted molar refractivity (Wildman–Crippen MR) is 62.6 cm³/mol. The van der Waals surface area contributed by atoms with E-state index in [2.05, 4.69) is 5.32 Å². The lowest BCUT2D eigenvalue weighted by molar-refractivity contribution is -0.138. The summed E-state index contributed by atoms with van der Waals surface area (Å²) in [5.41, 5.74) is 0. The highest BCUT2D eigenvalue weighted by Gasteiger charge is 2.15. The molecule has 0 spiro atoms. The highest BCUT2D eigenvalue weighted by Crippen LogP contribution is 1.96. The van der Waals surface area contributed by atoms with Crippen LogP contribution in [0.2, 0.25) is 0 Å². The van der Waals surface area contributed by atoms with Crippen LogP contribution in [0.15, 0.2) is 0 Å². The van der Waals surface area contributed by atoms with Crippen LogP contribution in [0.25, 0.3) is 0 Å². The molecule has 0 atom stereocenters. The van der Waals surface area contributed by atoms with E-state index in [1.54, 1.807) is 4.90 Å². The van der Waals surface area contributed by atoms with Crippen molar-refractivity contribution in [1.29, 1.82) is 0 Å². The minimum absolute atomic E-state index is 0.173. The summed E-state index contributed by atoms with van der Waals surface area (Å²) in [4.78, 5) is 34.7. The molecule has 0 heterocycles. The Morgan fingerprint density at radius 2 is 1.59 bits per heavy atom. The zero-order valence-corrected chi connectivity index (χ0v) is 10.4. The van der Waals surface area contributed by atoms with E-state index < -0.39 is 17.9 Å². The molecule has 3 amide bonds. The number of hydrogen-bond donors (Lipinski definition) is 2. The van der Waals surface area contributed by atoms with Gasteiger partial charge in [0, 0.05) is 19.5 Å². The molecule has 0 radical (unpaired) electrons. The summed E-state index contributed by atoms with van der Waals surface area (Å²) in [6.45, 7) is 5.07. The molecule has 0 aromatic rings. The highest BCUT2D eigenvalue weighted by molar-refractivity contribution is 5.95. The third-order valence-corrected chi connectivity index (χ3v) is 2.09. The van der Waals surface area contributed by atoms with Crippen molar-refractivity contribution < 1.29 is 19.5 Å². The summed E-state index contributed by atoms with van der Waals surface area (Å²) in [6, 6.07) is -0.441. The summed E-state index contributed by atoms with van der Waals surface area (Å²) in [6.07, 6.45) is 1.20. The number of carbonyl (C=O) groups excluding carboxylic acids is 2. The predicted octanol–water partition coefficient (Wildman–Crippen LogP) is 1.21. The number of aliphatic carboxylic acids is 1. The van der Waals surface area contributed by atoms with Gasteiger partial charge in [-0.3, -0.25) is 14.9 Å². The zero-order valence-electron chi connectivity index (χ0n) is 10.4. The standard InChI is InChI=1S/C11H20N2O4/c1-3-7-13(8-4-2)11(17)12-9(14)5-6-10(15)16/h3-8H2,1-2H3,(H,15,16)(H,12,14,17). The molecule has 0 saturated heterocycles. The Morgan fingerprint density at radius 1 is 1.06 bits per heavy atom. The number of carbonyl (C=O) groups is 3. The molecule has 0 aliphatic heterocycles. The van der Waals surface area contributed by atoms with Gasteiger partial charge in [-0.05, 0) is 12.8 Å². The first-order chi connectivity index (χ1) is 8.01. The molecule has 17 heavy (non-hydrogen) atoms. The zero-order chi connectivity index (χ0) is 13.3. The van der Waals surface area contributed by atoms with E-state index >= 15 is 0 Å². The van der Waals surface area contributed by atoms with Gasteiger partial charge in [0.2, 0.25) is 5.91 Å². The van der Waals surface area contributed by atoms with Crippen molar-refractivity contribution in [2.24, 2.45) is 0 Å². The van der Waals surface area contributed by atoms with Crippen LogP contribution in [0.4, 0.5) is 4.79 Å². The molecule has 0 aliphatic rings. The quantitative estimate of drug-likeness (QED) is 0.704. The van der Waals surface area contributed by atoms with Crippen LogP contribution in [0, 0.1) is 0 Å². The van der Waals surface area contributed by atoms with Crippen LogP contribution >= 0.6 is 0 Å². The molecule has 0 aromatic heterocycles. The molecule has 0 aromatic carbocycles. The Morgan fingerprint density at radius 3 is 2.00 bits per heavy atom. The van der Waals surface area contributed by atoms with Crippen molar-refractivity contribution in [1.82, 2.24) is 10.2 Å². The largest absolute Gasteiger partial charge is 0.481 e. The number of hydrogen-bond acceptors (Lipinski definition) is 3. The van der Waals surface area contributed by atoms with Crippen LogP contribution < -0.4 is 5.32 Å². The second-order valence-corrected chi connectivity index (χ2v) is 3.73. The van der Waals surface area contributed by atoms with Gasteiger partial charge in [0.25, 0.3) is 0 Å². The maximum absolute atomic E-state index is 11.6. The van der Waals surface area contributed by atoms with Gasteiger partial charge >= 0.3 is 12.0 Å². The number of nitrogens with one attached hydrogen (secondary N) is 1. The summed E-state index contributed by atoms with van der Waals surface area (Å²) in [5.74, 6) is -1.60. The van der Waals surface area contributed by atoms with Crippen molar-refractivity contribution in [2.45, 2.75) is 39.5 Å². The molecule has 0 saturated carbocycles. The number of urea groups is 1. The third kappa shape index (κ3) is 7.32. The molecule has 98 valence electrons. The maximum Gasteiger partial charge on any atom is 0.324 e. The Kier molecular flexibility index (Phi) is 7.75. The van der Waals surface area contributed by atoms with Crippen molar-refractivity contribution in [3.05, 3.63) is 0 Å². The second kappa shape index (κ2) is 8.55. The normalized spacial score (nSPS) is 9.76. The second-order valence-electron chi connectivity index (χ2n) is 3.73. The van der Waals surface area contributed by atoms with Gasteiger partial charge < -0.3 is 10.0 Å². The number of carboxylic acids is 1. The lowest BCUT2D eigenvalue weighted by Gasteiger charge is -2.21. The van der Waals surface area contributed by atoms with Crippen LogP contribution in [0.3, 0.4) is 0 Å². The van der Waals surface area contributed by atoms with Crippen molar-refractivity contribution >= 4 is 17.9 Å². The summed E-state index contributed by atoms with van der Waals surface area (Å²) in [7, 11) is 0. The van der Waals surface area contributed by atoms with Gasteiger partial charge in [-0.15, -0.1) is 0 Å². The van der Waals surface area contributed by atoms with Gasteiger partial charge in [0.1, 0.15) is 0 Å². The summed E-state index contributed by atoms with van der Waals surface area (Å²) >= 11 is 0. The SMILES string of the molecule is CCCN(CCC)C(=O)NC(=O)CCC(=O)O. The first-order valence-electron chi connectivity index (χ1n) is 5.81. The van der Waals surface area contributed by atoms with E-state index in [-0.39, 0.29) is 12.8 Å². The van der Waals surface area contributed by atoms with Crippen LogP contribution in [0.5, 0.6) is 0 Å². The van der Waals surface area contributed by atoms with Crippen molar-refractivity contribution in [3.63, 3.8) is 0 Å². The summed E-state index contributed by atoms with van der Waals surface area (Å²) < 4.78 is 0. The average Bonchev–Trinajstić information content (AvgIpc) is 2.26. The number of nitrogens with zero attached hydrogens (tertiary/aromatic N) is 1. The van der Waals surface area contributed by atoms with Crippen LogP contribution in [0.1, 0.15) is 39.5 Å². The topological polar surface area (TPSA) is 86.7 Å². The monoisotopic (exact) mass is 244 g/mol. The summed E-state index contributed by atoms with van der Waals surface area (Å²) in [5, 5.41) is 10.6. The van der Waals surface area contributed by atoms with E-state index in [4.69, 9.17) is 5.11 Å². The number of carboxylic acid groups (broad SMARTS) is 1. The molecule has 6 nitrogen and oxygen atoms in total.